The molecule has 0 radical (unpaired) electrons. The first-order valence-electron chi connectivity index (χ1n) is 32.7. The molecule has 0 aromatic carbocycles. The van der Waals surface area contributed by atoms with Crippen molar-refractivity contribution in [3.63, 3.8) is 0 Å². The summed E-state index contributed by atoms with van der Waals surface area (Å²) in [4.78, 5) is 72.1. The molecule has 0 bridgehead atoms. The van der Waals surface area contributed by atoms with E-state index < -0.39 is 97.5 Å². The number of carbonyl (C=O) groups is 4. The second kappa shape index (κ2) is 53.3. The van der Waals surface area contributed by atoms with E-state index in [2.05, 4.69) is 55.4 Å². The van der Waals surface area contributed by atoms with Crippen molar-refractivity contribution in [3.8, 4) is 0 Å². The van der Waals surface area contributed by atoms with E-state index >= 15 is 0 Å². The number of unbranched alkanes of at least 4 members (excludes halogenated alkanes) is 25. The fraction of sp³-hybridized carbons (Fsp3) is 0.937. The predicted molar refractivity (Wildman–Crippen MR) is 326 cm³/mol. The van der Waals surface area contributed by atoms with Crippen LogP contribution in [0.5, 0.6) is 0 Å². The van der Waals surface area contributed by atoms with Gasteiger partial charge in [0.1, 0.15) is 19.3 Å². The predicted octanol–water partition coefficient (Wildman–Crippen LogP) is 17.0. The number of rotatable bonds is 60. The Balaban J connectivity index is 5.26. The molecule has 0 amide bonds. The van der Waals surface area contributed by atoms with Gasteiger partial charge in [-0.05, 0) is 49.4 Å². The third-order valence-electron chi connectivity index (χ3n) is 14.7. The molecule has 17 nitrogen and oxygen atoms in total. The third kappa shape index (κ3) is 55.9. The zero-order chi connectivity index (χ0) is 61.1. The number of ether oxygens (including phenoxy) is 4. The van der Waals surface area contributed by atoms with Crippen LogP contribution < -0.4 is 0 Å². The first kappa shape index (κ1) is 80.1. The molecule has 0 spiro atoms. The summed E-state index contributed by atoms with van der Waals surface area (Å²) in [6, 6.07) is 0. The van der Waals surface area contributed by atoms with Crippen molar-refractivity contribution in [2.45, 2.75) is 318 Å². The minimum absolute atomic E-state index is 0.103. The molecule has 82 heavy (non-hydrogen) atoms. The second-order valence-corrected chi connectivity index (χ2v) is 27.4. The van der Waals surface area contributed by atoms with Gasteiger partial charge in [0.05, 0.1) is 26.4 Å². The fourth-order valence-corrected chi connectivity index (χ4v) is 10.8. The summed E-state index contributed by atoms with van der Waals surface area (Å²) in [6.45, 7) is 13.9. The summed E-state index contributed by atoms with van der Waals surface area (Å²) in [6.07, 6.45) is 32.3. The monoisotopic (exact) mass is 1210 g/mol. The van der Waals surface area contributed by atoms with Crippen molar-refractivity contribution >= 4 is 39.5 Å². The van der Waals surface area contributed by atoms with Gasteiger partial charge in [0, 0.05) is 25.7 Å². The smallest absolute Gasteiger partial charge is 0.462 e. The summed E-state index contributed by atoms with van der Waals surface area (Å²) in [5.74, 6) is 0.729. The summed E-state index contributed by atoms with van der Waals surface area (Å²) >= 11 is 0. The van der Waals surface area contributed by atoms with Crippen molar-refractivity contribution in [2.75, 3.05) is 39.6 Å². The van der Waals surface area contributed by atoms with Crippen LogP contribution in [0, 0.1) is 23.7 Å². The Morgan fingerprint density at radius 1 is 0.341 bits per heavy atom. The average molecular weight is 1210 g/mol. The van der Waals surface area contributed by atoms with Gasteiger partial charge < -0.3 is 33.8 Å². The quantitative estimate of drug-likeness (QED) is 0.0222. The van der Waals surface area contributed by atoms with Crippen molar-refractivity contribution in [3.05, 3.63) is 0 Å². The molecule has 0 saturated carbocycles. The summed E-state index contributed by atoms with van der Waals surface area (Å²) in [5, 5.41) is 10.5. The maximum absolute atomic E-state index is 13.0. The first-order valence-corrected chi connectivity index (χ1v) is 35.7. The van der Waals surface area contributed by atoms with E-state index in [-0.39, 0.29) is 25.7 Å². The van der Waals surface area contributed by atoms with Crippen molar-refractivity contribution in [2.24, 2.45) is 23.7 Å². The van der Waals surface area contributed by atoms with Gasteiger partial charge in [-0.15, -0.1) is 0 Å². The van der Waals surface area contributed by atoms with Gasteiger partial charge in [-0.25, -0.2) is 9.13 Å². The van der Waals surface area contributed by atoms with E-state index in [0.29, 0.717) is 31.6 Å². The molecular formula is C63H122O17P2. The molecule has 0 saturated heterocycles. The molecule has 6 atom stereocenters. The zero-order valence-electron chi connectivity index (χ0n) is 53.1. The van der Waals surface area contributed by atoms with Crippen LogP contribution in [0.15, 0.2) is 0 Å². The van der Waals surface area contributed by atoms with Crippen LogP contribution in [0.2, 0.25) is 0 Å². The van der Waals surface area contributed by atoms with Gasteiger partial charge in [0.25, 0.3) is 0 Å². The number of aliphatic hydroxyl groups is 1. The average Bonchev–Trinajstić information content (AvgIpc) is 3.43. The molecule has 0 fully saturated rings. The van der Waals surface area contributed by atoms with E-state index in [1.807, 2.05) is 0 Å². The highest BCUT2D eigenvalue weighted by Crippen LogP contribution is 2.45. The summed E-state index contributed by atoms with van der Waals surface area (Å²) in [5.41, 5.74) is 0. The van der Waals surface area contributed by atoms with Crippen LogP contribution >= 0.6 is 15.6 Å². The van der Waals surface area contributed by atoms with Crippen LogP contribution in [-0.4, -0.2) is 96.7 Å². The largest absolute Gasteiger partial charge is 0.472 e. The molecule has 0 aliphatic heterocycles. The minimum atomic E-state index is -4.94. The molecule has 0 rings (SSSR count). The number of aliphatic hydroxyl groups excluding tert-OH is 1. The van der Waals surface area contributed by atoms with Gasteiger partial charge >= 0.3 is 39.5 Å². The first-order chi connectivity index (χ1) is 39.1. The van der Waals surface area contributed by atoms with Crippen molar-refractivity contribution in [1.82, 2.24) is 0 Å². The highest BCUT2D eigenvalue weighted by Gasteiger charge is 2.30. The number of esters is 4. The molecule has 0 aromatic rings. The number of phosphoric acid groups is 2. The third-order valence-corrected chi connectivity index (χ3v) is 16.6. The lowest BCUT2D eigenvalue weighted by Crippen LogP contribution is -2.30. The van der Waals surface area contributed by atoms with Crippen LogP contribution in [0.4, 0.5) is 0 Å². The normalized spacial score (nSPS) is 14.8. The van der Waals surface area contributed by atoms with Crippen molar-refractivity contribution in [1.29, 1.82) is 0 Å². The zero-order valence-corrected chi connectivity index (χ0v) is 54.9. The summed E-state index contributed by atoms with van der Waals surface area (Å²) in [7, 11) is -9.89. The van der Waals surface area contributed by atoms with Crippen LogP contribution in [0.3, 0.4) is 0 Å². The topological polar surface area (TPSA) is 237 Å². The van der Waals surface area contributed by atoms with Crippen LogP contribution in [0.25, 0.3) is 0 Å². The number of phosphoric ester groups is 2. The van der Waals surface area contributed by atoms with Gasteiger partial charge in [0.2, 0.25) is 0 Å². The lowest BCUT2D eigenvalue weighted by Gasteiger charge is -2.21. The van der Waals surface area contributed by atoms with E-state index in [4.69, 9.17) is 37.0 Å². The molecule has 19 heteroatoms. The maximum Gasteiger partial charge on any atom is 0.472 e. The fourth-order valence-electron chi connectivity index (χ4n) is 9.22. The van der Waals surface area contributed by atoms with E-state index in [1.165, 1.54) is 89.9 Å². The van der Waals surface area contributed by atoms with Crippen molar-refractivity contribution < 1.29 is 80.2 Å². The Hall–Kier alpha value is -1.94. The van der Waals surface area contributed by atoms with Gasteiger partial charge in [-0.1, -0.05) is 248 Å². The van der Waals surface area contributed by atoms with Gasteiger partial charge in [-0.2, -0.15) is 0 Å². The van der Waals surface area contributed by atoms with Crippen LogP contribution in [-0.2, 0) is 65.4 Å². The van der Waals surface area contributed by atoms with Gasteiger partial charge in [0.15, 0.2) is 12.2 Å². The molecule has 0 aliphatic carbocycles. The number of hydrogen-bond acceptors (Lipinski definition) is 15. The maximum atomic E-state index is 13.0. The van der Waals surface area contributed by atoms with Gasteiger partial charge in [-0.3, -0.25) is 37.3 Å². The molecule has 0 aliphatic rings. The molecule has 3 unspecified atom stereocenters. The highest BCUT2D eigenvalue weighted by molar-refractivity contribution is 7.47. The lowest BCUT2D eigenvalue weighted by molar-refractivity contribution is -0.161. The number of hydrogen-bond donors (Lipinski definition) is 3. The Bertz CT molecular complexity index is 1650. The molecule has 0 aromatic heterocycles. The van der Waals surface area contributed by atoms with E-state index in [1.54, 1.807) is 0 Å². The molecule has 3 N–H and O–H groups in total. The molecule has 0 heterocycles. The number of carbonyl (C=O) groups excluding carboxylic acids is 4. The van der Waals surface area contributed by atoms with Crippen LogP contribution in [0.1, 0.15) is 299 Å². The molecule has 486 valence electrons. The SMILES string of the molecule is CCC(C)CCCCCCCCC(=O)OC[C@H](COP(=O)(O)OC[C@H](O)COP(=O)(O)OC[C@@H](COC(=O)CCCCCCCCCC(C)C)OC(=O)CCCCCCCCCCC(C)C)OC(=O)CCCCCCCCCCC(C)C. The Morgan fingerprint density at radius 3 is 0.866 bits per heavy atom. The summed E-state index contributed by atoms with van der Waals surface area (Å²) < 4.78 is 67.9. The Morgan fingerprint density at radius 2 is 0.585 bits per heavy atom. The van der Waals surface area contributed by atoms with E-state index in [9.17, 15) is 43.2 Å². The molecular weight excluding hydrogens is 1090 g/mol. The second-order valence-electron chi connectivity index (χ2n) is 24.5. The standard InChI is InChI=1S/C63H122O17P2/c1-9-56(8)42-34-26-21-22-28-36-44-61(66)74-50-59(80-63(68)46-38-30-19-13-11-16-24-32-40-54(4)5)52-78-82(71,72)76-48-57(64)47-75-81(69,70)77-51-58(49-73-60(65)43-35-27-20-14-17-25-33-41-55(6)7)79-62(67)45-37-29-18-12-10-15-23-31-39-53(2)3/h53-59,64H,9-52H2,1-8H3,(H,69,70)(H,71,72)/t56?,57-,58-,59-/m1/s1. The lowest BCUT2D eigenvalue weighted by atomic mass is 10.00. The Labute approximate surface area is 498 Å². The Kier molecular flexibility index (Phi) is 52.0. The minimum Gasteiger partial charge on any atom is -0.462 e. The highest BCUT2D eigenvalue weighted by atomic mass is 31.2. The van der Waals surface area contributed by atoms with E-state index in [0.717, 1.165) is 120 Å².